The highest BCUT2D eigenvalue weighted by molar-refractivity contribution is 6.31. The van der Waals surface area contributed by atoms with Crippen molar-refractivity contribution in [3.8, 4) is 0 Å². The Kier molecular flexibility index (Phi) is 6.73. The SMILES string of the molecule is Cc1cc(C)c(C2C(=O)N(c3ccc(Cl)cc3)C3(CCN(OCc4ccccc4)CC3)C2=O)c(C)c1. The van der Waals surface area contributed by atoms with E-state index < -0.39 is 11.5 Å². The molecule has 5 rings (SSSR count). The van der Waals surface area contributed by atoms with E-state index in [4.69, 9.17) is 16.4 Å². The van der Waals surface area contributed by atoms with Gasteiger partial charge in [-0.15, -0.1) is 0 Å². The van der Waals surface area contributed by atoms with Gasteiger partial charge in [-0.25, -0.2) is 0 Å². The number of rotatable bonds is 5. The number of carbonyl (C=O) groups is 2. The summed E-state index contributed by atoms with van der Waals surface area (Å²) >= 11 is 6.15. The molecule has 1 atom stereocenters. The van der Waals surface area contributed by atoms with Crippen LogP contribution in [-0.4, -0.2) is 35.4 Å². The number of aryl methyl sites for hydroxylation is 3. The molecular formula is C30H31ClN2O3. The molecule has 0 aliphatic carbocycles. The molecule has 6 heteroatoms. The molecule has 2 saturated heterocycles. The molecule has 2 aliphatic heterocycles. The van der Waals surface area contributed by atoms with Crippen molar-refractivity contribution in [3.05, 3.63) is 99.6 Å². The molecule has 3 aromatic rings. The Balaban J connectivity index is 1.47. The second kappa shape index (κ2) is 9.81. The highest BCUT2D eigenvalue weighted by Crippen LogP contribution is 2.47. The van der Waals surface area contributed by atoms with Gasteiger partial charge in [-0.2, -0.15) is 5.06 Å². The normalized spacial score (nSPS) is 19.9. The number of hydrogen-bond donors (Lipinski definition) is 0. The molecule has 0 aromatic heterocycles. The van der Waals surface area contributed by atoms with Gasteiger partial charge in [0.1, 0.15) is 11.5 Å². The van der Waals surface area contributed by atoms with E-state index in [-0.39, 0.29) is 11.7 Å². The van der Waals surface area contributed by atoms with E-state index >= 15 is 0 Å². The number of ketones is 1. The molecule has 1 amide bonds. The first-order chi connectivity index (χ1) is 17.3. The molecule has 5 nitrogen and oxygen atoms in total. The maximum Gasteiger partial charge on any atom is 0.243 e. The largest absolute Gasteiger partial charge is 0.298 e. The Bertz CT molecular complexity index is 1260. The first kappa shape index (κ1) is 24.7. The summed E-state index contributed by atoms with van der Waals surface area (Å²) in [4.78, 5) is 36.2. The first-order valence-electron chi connectivity index (χ1n) is 12.4. The molecule has 2 heterocycles. The first-order valence-corrected chi connectivity index (χ1v) is 12.8. The lowest BCUT2D eigenvalue weighted by Crippen LogP contribution is -2.56. The zero-order valence-electron chi connectivity index (χ0n) is 21.0. The van der Waals surface area contributed by atoms with Gasteiger partial charge in [-0.05, 0) is 80.1 Å². The van der Waals surface area contributed by atoms with Crippen molar-refractivity contribution >= 4 is 29.0 Å². The number of benzene rings is 3. The average Bonchev–Trinajstić information content (AvgIpc) is 3.06. The van der Waals surface area contributed by atoms with Crippen LogP contribution in [0.4, 0.5) is 5.69 Å². The maximum atomic E-state index is 14.3. The Morgan fingerprint density at radius 2 is 1.53 bits per heavy atom. The van der Waals surface area contributed by atoms with Crippen molar-refractivity contribution < 1.29 is 14.4 Å². The summed E-state index contributed by atoms with van der Waals surface area (Å²) in [5, 5.41) is 2.52. The summed E-state index contributed by atoms with van der Waals surface area (Å²) in [7, 11) is 0. The Labute approximate surface area is 217 Å². The minimum atomic E-state index is -0.911. The predicted octanol–water partition coefficient (Wildman–Crippen LogP) is 5.93. The molecule has 36 heavy (non-hydrogen) atoms. The number of nitrogens with zero attached hydrogens (tertiary/aromatic N) is 2. The number of piperidine rings is 1. The Morgan fingerprint density at radius 3 is 2.14 bits per heavy atom. The molecule has 1 unspecified atom stereocenters. The number of hydrogen-bond acceptors (Lipinski definition) is 4. The minimum absolute atomic E-state index is 0.0137. The lowest BCUT2D eigenvalue weighted by Gasteiger charge is -2.43. The quantitative estimate of drug-likeness (QED) is 0.406. The number of carbonyl (C=O) groups excluding carboxylic acids is 2. The fraction of sp³-hybridized carbons (Fsp3) is 0.333. The third-order valence-corrected chi connectivity index (χ3v) is 7.79. The van der Waals surface area contributed by atoms with Gasteiger partial charge < -0.3 is 0 Å². The van der Waals surface area contributed by atoms with Gasteiger partial charge in [0.25, 0.3) is 0 Å². The highest BCUT2D eigenvalue weighted by atomic mass is 35.5. The summed E-state index contributed by atoms with van der Waals surface area (Å²) in [6, 6.07) is 21.4. The van der Waals surface area contributed by atoms with Crippen LogP contribution in [0.15, 0.2) is 66.7 Å². The number of Topliss-reactive ketones (excluding diaryl/α,β-unsaturated/α-hetero) is 1. The van der Waals surface area contributed by atoms with Gasteiger partial charge in [-0.3, -0.25) is 19.3 Å². The third-order valence-electron chi connectivity index (χ3n) is 7.53. The van der Waals surface area contributed by atoms with Crippen LogP contribution in [0.1, 0.15) is 46.6 Å². The minimum Gasteiger partial charge on any atom is -0.298 e. The van der Waals surface area contributed by atoms with E-state index in [1.807, 2.05) is 68.3 Å². The number of halogens is 1. The van der Waals surface area contributed by atoms with Crippen molar-refractivity contribution in [1.29, 1.82) is 0 Å². The van der Waals surface area contributed by atoms with E-state index in [0.717, 1.165) is 27.8 Å². The highest BCUT2D eigenvalue weighted by Gasteiger charge is 2.60. The molecule has 0 radical (unpaired) electrons. The number of hydroxylamine groups is 2. The van der Waals surface area contributed by atoms with Crippen LogP contribution in [0.5, 0.6) is 0 Å². The van der Waals surface area contributed by atoms with Crippen molar-refractivity contribution in [2.45, 2.75) is 51.7 Å². The van der Waals surface area contributed by atoms with E-state index in [1.165, 1.54) is 0 Å². The zero-order chi connectivity index (χ0) is 25.4. The van der Waals surface area contributed by atoms with Crippen LogP contribution < -0.4 is 4.90 Å². The Hall–Kier alpha value is -2.99. The van der Waals surface area contributed by atoms with Crippen LogP contribution in [0.3, 0.4) is 0 Å². The summed E-state index contributed by atoms with van der Waals surface area (Å²) in [5.74, 6) is -0.977. The summed E-state index contributed by atoms with van der Waals surface area (Å²) < 4.78 is 0. The van der Waals surface area contributed by atoms with Crippen molar-refractivity contribution in [3.63, 3.8) is 0 Å². The van der Waals surface area contributed by atoms with E-state index in [2.05, 4.69) is 12.1 Å². The summed E-state index contributed by atoms with van der Waals surface area (Å²) in [5.41, 5.74) is 4.83. The lowest BCUT2D eigenvalue weighted by molar-refractivity contribution is -0.185. The fourth-order valence-corrected chi connectivity index (χ4v) is 6.02. The van der Waals surface area contributed by atoms with Crippen LogP contribution in [-0.2, 0) is 21.0 Å². The van der Waals surface area contributed by atoms with Crippen LogP contribution in [0.2, 0.25) is 5.02 Å². The predicted molar refractivity (Wildman–Crippen MR) is 142 cm³/mol. The van der Waals surface area contributed by atoms with Crippen LogP contribution in [0, 0.1) is 20.8 Å². The van der Waals surface area contributed by atoms with Gasteiger partial charge >= 0.3 is 0 Å². The molecule has 0 bridgehead atoms. The average molecular weight is 503 g/mol. The molecule has 186 valence electrons. The monoisotopic (exact) mass is 502 g/mol. The molecule has 1 spiro atoms. The van der Waals surface area contributed by atoms with Crippen molar-refractivity contribution in [2.75, 3.05) is 18.0 Å². The van der Waals surface area contributed by atoms with Crippen LogP contribution in [0.25, 0.3) is 0 Å². The van der Waals surface area contributed by atoms with Gasteiger partial charge in [-0.1, -0.05) is 59.6 Å². The van der Waals surface area contributed by atoms with Crippen molar-refractivity contribution in [1.82, 2.24) is 5.06 Å². The molecule has 3 aromatic carbocycles. The number of anilines is 1. The molecular weight excluding hydrogens is 472 g/mol. The van der Waals surface area contributed by atoms with Crippen molar-refractivity contribution in [2.24, 2.45) is 0 Å². The smallest absolute Gasteiger partial charge is 0.243 e. The van der Waals surface area contributed by atoms with Gasteiger partial charge in [0.05, 0.1) is 6.61 Å². The summed E-state index contributed by atoms with van der Waals surface area (Å²) in [6.45, 7) is 7.63. The van der Waals surface area contributed by atoms with Crippen LogP contribution >= 0.6 is 11.6 Å². The van der Waals surface area contributed by atoms with E-state index in [9.17, 15) is 9.59 Å². The van der Waals surface area contributed by atoms with Gasteiger partial charge in [0.2, 0.25) is 5.91 Å². The van der Waals surface area contributed by atoms with E-state index in [1.54, 1.807) is 17.0 Å². The topological polar surface area (TPSA) is 49.9 Å². The van der Waals surface area contributed by atoms with Gasteiger partial charge in [0, 0.05) is 23.8 Å². The lowest BCUT2D eigenvalue weighted by atomic mass is 9.78. The maximum absolute atomic E-state index is 14.3. The fourth-order valence-electron chi connectivity index (χ4n) is 5.89. The third kappa shape index (κ3) is 4.36. The van der Waals surface area contributed by atoms with E-state index in [0.29, 0.717) is 43.2 Å². The molecule has 2 fully saturated rings. The standard InChI is InChI=1S/C30H31ClN2O3/c1-20-17-21(2)26(22(3)18-20)27-28(34)30(33(29(27)35)25-11-9-24(31)10-12-25)13-15-32(16-14-30)36-19-23-7-5-4-6-8-23/h4-12,17-18,27H,13-16,19H2,1-3H3. The second-order valence-electron chi connectivity index (χ2n) is 9.98. The van der Waals surface area contributed by atoms with Gasteiger partial charge in [0.15, 0.2) is 5.78 Å². The Morgan fingerprint density at radius 1 is 0.917 bits per heavy atom. The molecule has 2 aliphatic rings. The molecule has 0 N–H and O–H groups in total. The zero-order valence-corrected chi connectivity index (χ0v) is 21.7. The summed E-state index contributed by atoms with van der Waals surface area (Å²) in [6.07, 6.45) is 1.02. The second-order valence-corrected chi connectivity index (χ2v) is 10.4. The number of amides is 1. The molecule has 0 saturated carbocycles.